The Balaban J connectivity index is 2.05. The van der Waals surface area contributed by atoms with Gasteiger partial charge in [0.15, 0.2) is 0 Å². The molecular weight excluding hydrogens is 348 g/mol. The van der Waals surface area contributed by atoms with Crippen LogP contribution in [0.3, 0.4) is 0 Å². The lowest BCUT2D eigenvalue weighted by Crippen LogP contribution is -2.51. The Labute approximate surface area is 157 Å². The van der Waals surface area contributed by atoms with Gasteiger partial charge in [0, 0.05) is 25.2 Å². The molecular formula is C19H24N4O4. The van der Waals surface area contributed by atoms with Crippen LogP contribution < -0.4 is 9.80 Å². The highest BCUT2D eigenvalue weighted by Gasteiger charge is 2.34. The van der Waals surface area contributed by atoms with Gasteiger partial charge in [-0.3, -0.25) is 14.4 Å². The van der Waals surface area contributed by atoms with Gasteiger partial charge in [0.05, 0.1) is 43.4 Å². The Bertz CT molecular complexity index is 848. The summed E-state index contributed by atoms with van der Waals surface area (Å²) in [6.45, 7) is 6.25. The number of aromatic nitrogens is 2. The number of ether oxygens (including phenoxy) is 1. The van der Waals surface area contributed by atoms with E-state index in [9.17, 15) is 9.59 Å². The lowest BCUT2D eigenvalue weighted by atomic mass is 10.0. The fraction of sp³-hybridized carbons (Fsp3) is 0.421. The molecule has 0 unspecified atom stereocenters. The van der Waals surface area contributed by atoms with Crippen LogP contribution in [0.25, 0.3) is 11.1 Å². The molecule has 8 nitrogen and oxygen atoms in total. The maximum Gasteiger partial charge on any atom is 0.414 e. The summed E-state index contributed by atoms with van der Waals surface area (Å²) in [5.41, 5.74) is 3.04. The Morgan fingerprint density at radius 1 is 1.30 bits per heavy atom. The third kappa shape index (κ3) is 3.66. The van der Waals surface area contributed by atoms with Crippen LogP contribution in [0.1, 0.15) is 20.8 Å². The second kappa shape index (κ2) is 7.79. The molecule has 2 amide bonds. The van der Waals surface area contributed by atoms with Crippen LogP contribution in [0.15, 0.2) is 30.6 Å². The van der Waals surface area contributed by atoms with E-state index in [0.717, 1.165) is 11.1 Å². The van der Waals surface area contributed by atoms with Gasteiger partial charge in [0.25, 0.3) is 0 Å². The number of carbonyl (C=O) groups is 2. The number of rotatable bonds is 4. The molecule has 1 atom stereocenters. The number of anilines is 2. The lowest BCUT2D eigenvalue weighted by Gasteiger charge is -2.40. The summed E-state index contributed by atoms with van der Waals surface area (Å²) in [5.74, 6) is -0.0734. The van der Waals surface area contributed by atoms with Gasteiger partial charge in [0.2, 0.25) is 5.91 Å². The van der Waals surface area contributed by atoms with Crippen LogP contribution >= 0.6 is 0 Å². The van der Waals surface area contributed by atoms with E-state index in [1.807, 2.05) is 31.3 Å². The maximum atomic E-state index is 12.5. The van der Waals surface area contributed by atoms with Crippen molar-refractivity contribution in [1.29, 1.82) is 0 Å². The van der Waals surface area contributed by atoms with Crippen molar-refractivity contribution in [1.82, 2.24) is 9.78 Å². The van der Waals surface area contributed by atoms with E-state index in [2.05, 4.69) is 5.10 Å². The van der Waals surface area contributed by atoms with Crippen LogP contribution in [0.4, 0.5) is 16.2 Å². The number of nitrogens with zero attached hydrogens (tertiary/aromatic N) is 4. The number of carbonyl (C=O) groups excluding carboxylic acids is 2. The monoisotopic (exact) mass is 372 g/mol. The summed E-state index contributed by atoms with van der Waals surface area (Å²) in [5, 5.41) is 13.3. The zero-order valence-corrected chi connectivity index (χ0v) is 15.8. The second-order valence-corrected chi connectivity index (χ2v) is 6.47. The molecule has 1 aliphatic heterocycles. The Kier molecular flexibility index (Phi) is 5.46. The normalized spacial score (nSPS) is 16.2. The Hall–Kier alpha value is -2.87. The molecule has 144 valence electrons. The summed E-state index contributed by atoms with van der Waals surface area (Å²) in [7, 11) is 0. The van der Waals surface area contributed by atoms with Crippen molar-refractivity contribution in [3.8, 4) is 11.1 Å². The Morgan fingerprint density at radius 3 is 2.74 bits per heavy atom. The fourth-order valence-corrected chi connectivity index (χ4v) is 3.40. The summed E-state index contributed by atoms with van der Waals surface area (Å²) >= 11 is 0. The number of amides is 2. The van der Waals surface area contributed by atoms with Gasteiger partial charge in [-0.1, -0.05) is 6.07 Å². The second-order valence-electron chi connectivity index (χ2n) is 6.47. The van der Waals surface area contributed by atoms with Gasteiger partial charge >= 0.3 is 6.09 Å². The molecule has 0 bridgehead atoms. The van der Waals surface area contributed by atoms with Gasteiger partial charge in [-0.2, -0.15) is 5.10 Å². The highest BCUT2D eigenvalue weighted by Crippen LogP contribution is 2.39. The first-order chi connectivity index (χ1) is 13.0. The minimum atomic E-state index is -0.429. The molecule has 1 aromatic carbocycles. The first-order valence-electron chi connectivity index (χ1n) is 8.98. The van der Waals surface area contributed by atoms with Crippen molar-refractivity contribution in [3.05, 3.63) is 30.6 Å². The van der Waals surface area contributed by atoms with Crippen molar-refractivity contribution in [2.24, 2.45) is 0 Å². The number of benzene rings is 1. The van der Waals surface area contributed by atoms with Crippen molar-refractivity contribution in [2.75, 3.05) is 29.6 Å². The topological polar surface area (TPSA) is 87.9 Å². The molecule has 1 N–H and O–H groups in total. The van der Waals surface area contributed by atoms with Crippen molar-refractivity contribution in [3.63, 3.8) is 0 Å². The molecule has 27 heavy (non-hydrogen) atoms. The molecule has 0 saturated heterocycles. The molecule has 0 spiro atoms. The van der Waals surface area contributed by atoms with Crippen molar-refractivity contribution < 1.29 is 19.4 Å². The third-order valence-electron chi connectivity index (χ3n) is 4.54. The van der Waals surface area contributed by atoms with Gasteiger partial charge in [0.1, 0.15) is 0 Å². The first kappa shape index (κ1) is 18.9. The molecule has 2 heterocycles. The molecule has 0 saturated carbocycles. The predicted octanol–water partition coefficient (Wildman–Crippen LogP) is 2.26. The van der Waals surface area contributed by atoms with Crippen LogP contribution in [-0.2, 0) is 16.1 Å². The third-order valence-corrected chi connectivity index (χ3v) is 4.54. The average molecular weight is 372 g/mol. The van der Waals surface area contributed by atoms with E-state index in [1.165, 1.54) is 6.92 Å². The minimum Gasteiger partial charge on any atom is -0.449 e. The van der Waals surface area contributed by atoms with Gasteiger partial charge in [-0.15, -0.1) is 0 Å². The highest BCUT2D eigenvalue weighted by molar-refractivity contribution is 6.03. The number of hydrogen-bond acceptors (Lipinski definition) is 5. The summed E-state index contributed by atoms with van der Waals surface area (Å²) in [4.78, 5) is 27.9. The molecule has 8 heteroatoms. The lowest BCUT2D eigenvalue weighted by molar-refractivity contribution is -0.117. The van der Waals surface area contributed by atoms with Crippen LogP contribution in [0.5, 0.6) is 0 Å². The molecule has 1 aliphatic rings. The van der Waals surface area contributed by atoms with Crippen molar-refractivity contribution in [2.45, 2.75) is 33.4 Å². The van der Waals surface area contributed by atoms with Crippen LogP contribution in [0, 0.1) is 0 Å². The molecule has 1 aromatic heterocycles. The average Bonchev–Trinajstić information content (AvgIpc) is 3.09. The molecule has 2 aromatic rings. The zero-order chi connectivity index (χ0) is 19.6. The minimum absolute atomic E-state index is 0.00735. The predicted molar refractivity (Wildman–Crippen MR) is 102 cm³/mol. The van der Waals surface area contributed by atoms with Gasteiger partial charge in [-0.25, -0.2) is 4.79 Å². The number of aliphatic hydroxyl groups is 1. The van der Waals surface area contributed by atoms with E-state index in [1.54, 1.807) is 27.6 Å². The SMILES string of the molecule is CCOC(=O)N1C[C@H](C)N(C(C)=O)c2ccc(-c3cnn(CCO)c3)cc21. The maximum absolute atomic E-state index is 12.5. The smallest absolute Gasteiger partial charge is 0.414 e. The van der Waals surface area contributed by atoms with E-state index < -0.39 is 6.09 Å². The van der Waals surface area contributed by atoms with Crippen LogP contribution in [0.2, 0.25) is 0 Å². The van der Waals surface area contributed by atoms with Crippen LogP contribution in [-0.4, -0.2) is 52.7 Å². The largest absolute Gasteiger partial charge is 0.449 e. The van der Waals surface area contributed by atoms with Gasteiger partial charge in [-0.05, 0) is 31.5 Å². The number of hydrogen-bond donors (Lipinski definition) is 1. The molecule has 0 aliphatic carbocycles. The van der Waals surface area contributed by atoms with Crippen molar-refractivity contribution >= 4 is 23.4 Å². The summed E-state index contributed by atoms with van der Waals surface area (Å²) in [6.07, 6.45) is 3.11. The number of aliphatic hydroxyl groups excluding tert-OH is 1. The number of fused-ring (bicyclic) bond motifs is 1. The molecule has 0 fully saturated rings. The fourth-order valence-electron chi connectivity index (χ4n) is 3.40. The van der Waals surface area contributed by atoms with E-state index in [0.29, 0.717) is 24.5 Å². The Morgan fingerprint density at radius 2 is 2.07 bits per heavy atom. The van der Waals surface area contributed by atoms with E-state index in [4.69, 9.17) is 9.84 Å². The van der Waals surface area contributed by atoms with Gasteiger partial charge < -0.3 is 14.7 Å². The van der Waals surface area contributed by atoms with E-state index >= 15 is 0 Å². The molecule has 3 rings (SSSR count). The van der Waals surface area contributed by atoms with E-state index in [-0.39, 0.29) is 25.2 Å². The first-order valence-corrected chi connectivity index (χ1v) is 8.98. The zero-order valence-electron chi connectivity index (χ0n) is 15.8. The quantitative estimate of drug-likeness (QED) is 0.889. The summed E-state index contributed by atoms with van der Waals surface area (Å²) < 4.78 is 6.86. The highest BCUT2D eigenvalue weighted by atomic mass is 16.6. The standard InChI is InChI=1S/C19H24N4O4/c1-4-27-19(26)22-11-13(2)23(14(3)25)17-6-5-15(9-18(17)22)16-10-20-21(12-16)7-8-24/h5-6,9-10,12-13,24H,4,7-8,11H2,1-3H3/t13-/m0/s1. The molecule has 0 radical (unpaired) electrons. The summed E-state index contributed by atoms with van der Waals surface area (Å²) in [6, 6.07) is 5.46.